The van der Waals surface area contributed by atoms with Crippen LogP contribution in [0.4, 0.5) is 23.0 Å². The van der Waals surface area contributed by atoms with Crippen molar-refractivity contribution in [3.8, 4) is 5.88 Å². The van der Waals surface area contributed by atoms with E-state index >= 15 is 0 Å². The molecule has 0 saturated heterocycles. The minimum absolute atomic E-state index is 0.0591. The lowest BCUT2D eigenvalue weighted by atomic mass is 10.3. The third kappa shape index (κ3) is 3.48. The van der Waals surface area contributed by atoms with E-state index in [-0.39, 0.29) is 22.9 Å². The van der Waals surface area contributed by atoms with E-state index in [2.05, 4.69) is 56.4 Å². The summed E-state index contributed by atoms with van der Waals surface area (Å²) in [5, 5.41) is 27.4. The van der Waals surface area contributed by atoms with Crippen LogP contribution in [0.25, 0.3) is 11.3 Å². The van der Waals surface area contributed by atoms with Crippen LogP contribution in [0.2, 0.25) is 0 Å². The molecule has 0 radical (unpaired) electrons. The molecule has 14 heteroatoms. The first-order valence-corrected chi connectivity index (χ1v) is 8.29. The molecular formula is C14H8BrN9O4. The summed E-state index contributed by atoms with van der Waals surface area (Å²) in [5.74, 6) is -0.650. The van der Waals surface area contributed by atoms with Crippen molar-refractivity contribution >= 4 is 50.2 Å². The highest BCUT2D eigenvalue weighted by molar-refractivity contribution is 9.10. The number of anilines is 2. The van der Waals surface area contributed by atoms with Gasteiger partial charge in [0.05, 0.1) is 0 Å². The van der Waals surface area contributed by atoms with E-state index in [0.717, 1.165) is 4.47 Å². The lowest BCUT2D eigenvalue weighted by molar-refractivity contribution is 0.314. The van der Waals surface area contributed by atoms with Crippen LogP contribution in [0.3, 0.4) is 0 Å². The van der Waals surface area contributed by atoms with Crippen molar-refractivity contribution in [2.24, 2.45) is 10.2 Å². The number of aromatic amines is 2. The summed E-state index contributed by atoms with van der Waals surface area (Å²) in [5.41, 5.74) is -1.46. The Hall–Kier alpha value is -3.94. The molecule has 0 atom stereocenters. The number of nitrogens with zero attached hydrogens (tertiary/aromatic N) is 6. The lowest BCUT2D eigenvalue weighted by Crippen LogP contribution is -2.20. The predicted molar refractivity (Wildman–Crippen MR) is 98.3 cm³/mol. The highest BCUT2D eigenvalue weighted by Gasteiger charge is 2.14. The molecule has 1 aromatic carbocycles. The van der Waals surface area contributed by atoms with E-state index in [1.165, 1.54) is 0 Å². The van der Waals surface area contributed by atoms with Gasteiger partial charge in [0.25, 0.3) is 5.56 Å². The Morgan fingerprint density at radius 2 is 1.75 bits per heavy atom. The quantitative estimate of drug-likeness (QED) is 0.340. The second-order valence-corrected chi connectivity index (χ2v) is 6.16. The van der Waals surface area contributed by atoms with Crippen molar-refractivity contribution in [2.75, 3.05) is 5.32 Å². The molecule has 0 aliphatic heterocycles. The maximum atomic E-state index is 11.8. The van der Waals surface area contributed by atoms with Gasteiger partial charge in [-0.25, -0.2) is 14.4 Å². The van der Waals surface area contributed by atoms with Gasteiger partial charge < -0.3 is 10.4 Å². The first-order chi connectivity index (χ1) is 13.5. The van der Waals surface area contributed by atoms with E-state index < -0.39 is 22.8 Å². The van der Waals surface area contributed by atoms with Crippen LogP contribution < -0.4 is 16.6 Å². The van der Waals surface area contributed by atoms with Crippen molar-refractivity contribution in [3.63, 3.8) is 0 Å². The molecule has 0 fully saturated rings. The molecule has 4 rings (SSSR count). The van der Waals surface area contributed by atoms with Gasteiger partial charge in [-0.2, -0.15) is 4.98 Å². The topological polar surface area (TPSA) is 187 Å². The molecule has 0 spiro atoms. The number of aromatic nitrogens is 6. The Kier molecular flexibility index (Phi) is 4.36. The van der Waals surface area contributed by atoms with Crippen molar-refractivity contribution < 1.29 is 9.74 Å². The van der Waals surface area contributed by atoms with Gasteiger partial charge >= 0.3 is 5.69 Å². The smallest absolute Gasteiger partial charge is 0.328 e. The zero-order valence-corrected chi connectivity index (χ0v) is 15.1. The van der Waals surface area contributed by atoms with Gasteiger partial charge in [-0.3, -0.25) is 14.8 Å². The summed E-state index contributed by atoms with van der Waals surface area (Å²) < 4.78 is 5.47. The Morgan fingerprint density at radius 1 is 1.04 bits per heavy atom. The number of benzene rings is 1. The molecule has 3 heterocycles. The molecular weight excluding hydrogens is 438 g/mol. The van der Waals surface area contributed by atoms with Gasteiger partial charge in [0.1, 0.15) is 0 Å². The van der Waals surface area contributed by atoms with Gasteiger partial charge in [-0.05, 0) is 34.6 Å². The molecule has 0 amide bonds. The molecule has 3 aromatic heterocycles. The fourth-order valence-corrected chi connectivity index (χ4v) is 2.38. The van der Waals surface area contributed by atoms with Crippen LogP contribution in [0, 0.1) is 0 Å². The third-order valence-electron chi connectivity index (χ3n) is 3.35. The van der Waals surface area contributed by atoms with Crippen molar-refractivity contribution in [2.45, 2.75) is 0 Å². The number of aromatic hydroxyl groups is 1. The number of nitrogens with one attached hydrogen (secondary N) is 3. The van der Waals surface area contributed by atoms with Gasteiger partial charge in [0.15, 0.2) is 5.82 Å². The minimum Gasteiger partial charge on any atom is -0.493 e. The van der Waals surface area contributed by atoms with E-state index in [0.29, 0.717) is 5.69 Å². The van der Waals surface area contributed by atoms with E-state index in [1.807, 2.05) is 22.1 Å². The third-order valence-corrected chi connectivity index (χ3v) is 3.87. The van der Waals surface area contributed by atoms with Gasteiger partial charge in [-0.1, -0.05) is 15.9 Å². The first kappa shape index (κ1) is 17.5. The Balaban J connectivity index is 1.78. The number of hydrogen-bond donors (Lipinski definition) is 4. The summed E-state index contributed by atoms with van der Waals surface area (Å²) >= 11 is 3.34. The maximum absolute atomic E-state index is 11.8. The minimum atomic E-state index is -0.926. The Bertz CT molecular complexity index is 1310. The number of fused-ring (bicyclic) bond motifs is 1. The zero-order chi connectivity index (χ0) is 19.7. The van der Waals surface area contributed by atoms with Crippen molar-refractivity contribution in [3.05, 3.63) is 49.6 Å². The second-order valence-electron chi connectivity index (χ2n) is 5.24. The van der Waals surface area contributed by atoms with Crippen LogP contribution in [0.5, 0.6) is 5.88 Å². The molecule has 0 unspecified atom stereocenters. The summed E-state index contributed by atoms with van der Waals surface area (Å²) in [6.45, 7) is 0. The van der Waals surface area contributed by atoms with E-state index in [4.69, 9.17) is 0 Å². The first-order valence-electron chi connectivity index (χ1n) is 7.50. The van der Waals surface area contributed by atoms with Gasteiger partial charge in [0, 0.05) is 10.2 Å². The van der Waals surface area contributed by atoms with Crippen LogP contribution in [-0.4, -0.2) is 35.4 Å². The Labute approximate surface area is 161 Å². The molecule has 0 aliphatic carbocycles. The second kappa shape index (κ2) is 6.99. The standard InChI is InChI=1S/C14H8BrN9O4/c15-5-1-3-6(4-2-5)16-8-9(18-11-10(17-8)23-28-24-11)22-21-7-12(25)19-14(27)20-13(7)26/h1-4H,(H,16,17,23)(H3,19,20,25,26,27). The van der Waals surface area contributed by atoms with Gasteiger partial charge in [-0.15, -0.1) is 10.2 Å². The lowest BCUT2D eigenvalue weighted by Gasteiger charge is -2.06. The SMILES string of the molecule is O=c1[nH]c(O)c(N=Nc2nc3nonc3nc2Nc2ccc(Br)cc2)c(=O)[nH]1. The Morgan fingerprint density at radius 3 is 2.46 bits per heavy atom. The zero-order valence-electron chi connectivity index (χ0n) is 13.5. The normalized spacial score (nSPS) is 11.3. The molecule has 140 valence electrons. The van der Waals surface area contributed by atoms with Crippen molar-refractivity contribution in [1.29, 1.82) is 0 Å². The molecule has 13 nitrogen and oxygen atoms in total. The highest BCUT2D eigenvalue weighted by Crippen LogP contribution is 2.28. The average molecular weight is 446 g/mol. The van der Waals surface area contributed by atoms with Crippen LogP contribution in [0.1, 0.15) is 0 Å². The van der Waals surface area contributed by atoms with Crippen LogP contribution in [0.15, 0.2) is 53.2 Å². The molecule has 0 saturated carbocycles. The number of hydrogen-bond acceptors (Lipinski definition) is 11. The van der Waals surface area contributed by atoms with Crippen molar-refractivity contribution in [1.82, 2.24) is 30.2 Å². The van der Waals surface area contributed by atoms with Crippen LogP contribution in [-0.2, 0) is 0 Å². The van der Waals surface area contributed by atoms with Gasteiger partial charge in [0.2, 0.25) is 28.7 Å². The fourth-order valence-electron chi connectivity index (χ4n) is 2.11. The molecule has 4 N–H and O–H groups in total. The molecule has 28 heavy (non-hydrogen) atoms. The van der Waals surface area contributed by atoms with E-state index in [9.17, 15) is 14.7 Å². The summed E-state index contributed by atoms with van der Waals surface area (Å²) in [6, 6.07) is 7.17. The predicted octanol–water partition coefficient (Wildman–Crippen LogP) is 2.02. The number of azo groups is 1. The van der Waals surface area contributed by atoms with E-state index in [1.54, 1.807) is 12.1 Å². The number of rotatable bonds is 4. The summed E-state index contributed by atoms with van der Waals surface area (Å²) in [7, 11) is 0. The van der Waals surface area contributed by atoms with Crippen LogP contribution >= 0.6 is 15.9 Å². The fraction of sp³-hybridized carbons (Fsp3) is 0. The average Bonchev–Trinajstić information content (AvgIpc) is 3.10. The monoisotopic (exact) mass is 445 g/mol. The summed E-state index contributed by atoms with van der Waals surface area (Å²) in [4.78, 5) is 35.2. The maximum Gasteiger partial charge on any atom is 0.328 e. The highest BCUT2D eigenvalue weighted by atomic mass is 79.9. The largest absolute Gasteiger partial charge is 0.493 e. The molecule has 0 aliphatic rings. The number of halogens is 1. The number of H-pyrrole nitrogens is 2. The molecule has 4 aromatic rings. The summed E-state index contributed by atoms with van der Waals surface area (Å²) in [6.07, 6.45) is 0. The molecule has 0 bridgehead atoms.